The smallest absolute Gasteiger partial charge is 0.119 e. The maximum atomic E-state index is 8.71. The van der Waals surface area contributed by atoms with E-state index in [0.29, 0.717) is 6.61 Å². The maximum absolute atomic E-state index is 8.71. The van der Waals surface area contributed by atoms with Gasteiger partial charge in [-0.25, -0.2) is 0 Å². The second-order valence-corrected chi connectivity index (χ2v) is 7.53. The molecule has 1 aromatic carbocycles. The van der Waals surface area contributed by atoms with Crippen LogP contribution in [0.3, 0.4) is 0 Å². The Morgan fingerprint density at radius 2 is 1.22 bits per heavy atom. The van der Waals surface area contributed by atoms with Crippen molar-refractivity contribution in [3.05, 3.63) is 29.8 Å². The molecule has 2 heteroatoms. The topological polar surface area (TPSA) is 29.5 Å². The minimum absolute atomic E-state index is 0.205. The highest BCUT2D eigenvalue weighted by atomic mass is 16.5. The highest BCUT2D eigenvalue weighted by Gasteiger charge is 2.12. The van der Waals surface area contributed by atoms with E-state index in [1.54, 1.807) is 0 Å². The molecule has 0 heterocycles. The summed E-state index contributed by atoms with van der Waals surface area (Å²) in [6, 6.07) is 8.53. The first kappa shape index (κ1) is 20.0. The highest BCUT2D eigenvalue weighted by molar-refractivity contribution is 5.31. The first-order valence-corrected chi connectivity index (χ1v) is 9.38. The molecule has 0 atom stereocenters. The summed E-state index contributed by atoms with van der Waals surface area (Å²) in [5.74, 6) is 0.988. The molecule has 0 bridgehead atoms. The quantitative estimate of drug-likeness (QED) is 0.488. The van der Waals surface area contributed by atoms with Crippen LogP contribution in [-0.4, -0.2) is 18.3 Å². The van der Waals surface area contributed by atoms with Gasteiger partial charge in [0, 0.05) is 6.61 Å². The molecule has 0 amide bonds. The Morgan fingerprint density at radius 1 is 0.739 bits per heavy atom. The fraction of sp³-hybridized carbons (Fsp3) is 0.714. The Bertz CT molecular complexity index is 389. The second kappa shape index (κ2) is 11.5. The maximum Gasteiger partial charge on any atom is 0.119 e. The van der Waals surface area contributed by atoms with Crippen LogP contribution < -0.4 is 4.74 Å². The summed E-state index contributed by atoms with van der Waals surface area (Å²) in [6.45, 7) is 7.87. The fourth-order valence-corrected chi connectivity index (χ4v) is 2.69. The van der Waals surface area contributed by atoms with Gasteiger partial charge in [0.25, 0.3) is 0 Å². The van der Waals surface area contributed by atoms with E-state index in [1.165, 1.54) is 50.5 Å². The van der Waals surface area contributed by atoms with Crippen LogP contribution in [0.15, 0.2) is 24.3 Å². The van der Waals surface area contributed by atoms with Gasteiger partial charge in [0.1, 0.15) is 5.75 Å². The number of benzene rings is 1. The molecule has 1 aromatic rings. The van der Waals surface area contributed by atoms with E-state index in [1.807, 2.05) is 0 Å². The first-order valence-electron chi connectivity index (χ1n) is 9.38. The Balaban J connectivity index is 1.99. The van der Waals surface area contributed by atoms with Crippen molar-refractivity contribution in [1.82, 2.24) is 0 Å². The molecule has 0 radical (unpaired) electrons. The molecule has 0 aliphatic carbocycles. The van der Waals surface area contributed by atoms with Crippen LogP contribution in [0.2, 0.25) is 0 Å². The summed E-state index contributed by atoms with van der Waals surface area (Å²) < 4.78 is 5.82. The molecule has 1 rings (SSSR count). The molecule has 0 spiro atoms. The Morgan fingerprint density at radius 3 is 1.70 bits per heavy atom. The van der Waals surface area contributed by atoms with Crippen molar-refractivity contribution >= 4 is 0 Å². The van der Waals surface area contributed by atoms with Crippen molar-refractivity contribution in [3.8, 4) is 5.75 Å². The van der Waals surface area contributed by atoms with Gasteiger partial charge in [0.2, 0.25) is 0 Å². The molecule has 0 aliphatic heterocycles. The van der Waals surface area contributed by atoms with Crippen molar-refractivity contribution in [2.45, 2.75) is 84.0 Å². The van der Waals surface area contributed by atoms with Crippen LogP contribution in [0.25, 0.3) is 0 Å². The monoisotopic (exact) mass is 320 g/mol. The zero-order chi connectivity index (χ0) is 17.0. The van der Waals surface area contributed by atoms with Gasteiger partial charge in [-0.1, -0.05) is 77.8 Å². The van der Waals surface area contributed by atoms with Crippen molar-refractivity contribution in [3.63, 3.8) is 0 Å². The standard InChI is InChI=1S/C21H36O2/c1-21(2,3)19-13-15-20(16-14-19)23-18-12-10-8-6-4-5-7-9-11-17-22/h13-16,22H,4-12,17-18H2,1-3H3. The summed E-state index contributed by atoms with van der Waals surface area (Å²) in [5, 5.41) is 8.71. The third-order valence-electron chi connectivity index (χ3n) is 4.29. The number of aliphatic hydroxyl groups excluding tert-OH is 1. The van der Waals surface area contributed by atoms with Crippen molar-refractivity contribution in [2.75, 3.05) is 13.2 Å². The largest absolute Gasteiger partial charge is 0.494 e. The molecule has 0 unspecified atom stereocenters. The minimum Gasteiger partial charge on any atom is -0.494 e. The lowest BCUT2D eigenvalue weighted by molar-refractivity contribution is 0.282. The molecule has 1 N–H and O–H groups in total. The molecule has 0 saturated heterocycles. The van der Waals surface area contributed by atoms with Gasteiger partial charge in [-0.2, -0.15) is 0 Å². The minimum atomic E-state index is 0.205. The van der Waals surface area contributed by atoms with Gasteiger partial charge in [-0.15, -0.1) is 0 Å². The van der Waals surface area contributed by atoms with Crippen LogP contribution in [0, 0.1) is 0 Å². The van der Waals surface area contributed by atoms with Crippen molar-refractivity contribution in [1.29, 1.82) is 0 Å². The SMILES string of the molecule is CC(C)(C)c1ccc(OCCCCCCCCCCCO)cc1. The third kappa shape index (κ3) is 9.65. The molecule has 0 aliphatic rings. The van der Waals surface area contributed by atoms with E-state index in [-0.39, 0.29) is 5.41 Å². The van der Waals surface area contributed by atoms with Crippen molar-refractivity contribution in [2.24, 2.45) is 0 Å². The Hall–Kier alpha value is -1.02. The van der Waals surface area contributed by atoms with Crippen LogP contribution in [-0.2, 0) is 5.41 Å². The molecular weight excluding hydrogens is 284 g/mol. The number of hydrogen-bond donors (Lipinski definition) is 1. The number of ether oxygens (including phenoxy) is 1. The zero-order valence-electron chi connectivity index (χ0n) is 15.4. The molecule has 0 saturated carbocycles. The zero-order valence-corrected chi connectivity index (χ0v) is 15.4. The van der Waals surface area contributed by atoms with E-state index in [9.17, 15) is 0 Å². The van der Waals surface area contributed by atoms with Gasteiger partial charge >= 0.3 is 0 Å². The summed E-state index contributed by atoms with van der Waals surface area (Å²) in [7, 11) is 0. The lowest BCUT2D eigenvalue weighted by atomic mass is 9.87. The summed E-state index contributed by atoms with van der Waals surface area (Å²) in [6.07, 6.45) is 11.1. The van der Waals surface area contributed by atoms with Gasteiger partial charge in [-0.3, -0.25) is 0 Å². The van der Waals surface area contributed by atoms with Gasteiger partial charge in [0.15, 0.2) is 0 Å². The third-order valence-corrected chi connectivity index (χ3v) is 4.29. The van der Waals surface area contributed by atoms with Crippen LogP contribution in [0.1, 0.15) is 84.1 Å². The van der Waals surface area contributed by atoms with Gasteiger partial charge in [-0.05, 0) is 36.0 Å². The molecule has 0 fully saturated rings. The first-order chi connectivity index (χ1) is 11.0. The predicted octanol–water partition coefficient (Wildman–Crippen LogP) is 5.87. The lowest BCUT2D eigenvalue weighted by Crippen LogP contribution is -2.10. The van der Waals surface area contributed by atoms with E-state index >= 15 is 0 Å². The number of rotatable bonds is 12. The molecule has 132 valence electrons. The second-order valence-electron chi connectivity index (χ2n) is 7.53. The number of hydrogen-bond acceptors (Lipinski definition) is 2. The average Bonchev–Trinajstić information content (AvgIpc) is 2.52. The van der Waals surface area contributed by atoms with Crippen molar-refractivity contribution < 1.29 is 9.84 Å². The van der Waals surface area contributed by atoms with Crippen LogP contribution in [0.5, 0.6) is 5.75 Å². The van der Waals surface area contributed by atoms with Crippen LogP contribution >= 0.6 is 0 Å². The summed E-state index contributed by atoms with van der Waals surface area (Å²) in [4.78, 5) is 0. The lowest BCUT2D eigenvalue weighted by Gasteiger charge is -2.19. The van der Waals surface area contributed by atoms with Gasteiger partial charge in [0.05, 0.1) is 6.61 Å². The van der Waals surface area contributed by atoms with Gasteiger partial charge < -0.3 is 9.84 Å². The summed E-state index contributed by atoms with van der Waals surface area (Å²) >= 11 is 0. The van der Waals surface area contributed by atoms with Crippen LogP contribution in [0.4, 0.5) is 0 Å². The number of aliphatic hydroxyl groups is 1. The Kier molecular flexibility index (Phi) is 10.0. The fourth-order valence-electron chi connectivity index (χ4n) is 2.69. The number of unbranched alkanes of at least 4 members (excludes halogenated alkanes) is 8. The summed E-state index contributed by atoms with van der Waals surface area (Å²) in [5.41, 5.74) is 1.56. The average molecular weight is 321 g/mol. The molecule has 23 heavy (non-hydrogen) atoms. The predicted molar refractivity (Wildman–Crippen MR) is 99.3 cm³/mol. The van der Waals surface area contributed by atoms with E-state index < -0.39 is 0 Å². The van der Waals surface area contributed by atoms with E-state index in [4.69, 9.17) is 9.84 Å². The molecule has 2 nitrogen and oxygen atoms in total. The van der Waals surface area contributed by atoms with E-state index in [0.717, 1.165) is 25.2 Å². The van der Waals surface area contributed by atoms with E-state index in [2.05, 4.69) is 45.0 Å². The molecule has 0 aromatic heterocycles. The highest BCUT2D eigenvalue weighted by Crippen LogP contribution is 2.24. The Labute approximate surface area is 143 Å². The molecular formula is C21H36O2. The normalized spacial score (nSPS) is 11.7.